The summed E-state index contributed by atoms with van der Waals surface area (Å²) in [5, 5.41) is 13.8. The Bertz CT molecular complexity index is 698. The minimum absolute atomic E-state index is 0.162. The lowest BCUT2D eigenvalue weighted by molar-refractivity contribution is -0.117. The fraction of sp³-hybridized carbons (Fsp3) is 0.286. The van der Waals surface area contributed by atoms with Crippen LogP contribution in [0.1, 0.15) is 43.4 Å². The summed E-state index contributed by atoms with van der Waals surface area (Å²) in [5.41, 5.74) is 1.93. The Hall–Kier alpha value is -2.10. The van der Waals surface area contributed by atoms with Crippen molar-refractivity contribution in [3.63, 3.8) is 0 Å². The number of rotatable bonds is 8. The molecule has 0 bridgehead atoms. The molecule has 0 fully saturated rings. The van der Waals surface area contributed by atoms with E-state index in [1.54, 1.807) is 0 Å². The highest BCUT2D eigenvalue weighted by atomic mass is 35.5. The van der Waals surface area contributed by atoms with Crippen LogP contribution in [0.25, 0.3) is 5.03 Å². The number of nitrogens with one attached hydrogen (secondary N) is 1. The average Bonchev–Trinajstić information content (AvgIpc) is 2.67. The number of amides is 1. The molecule has 2 aromatic carbocycles. The first-order valence-corrected chi connectivity index (χ1v) is 8.96. The van der Waals surface area contributed by atoms with Gasteiger partial charge in [0.1, 0.15) is 0 Å². The van der Waals surface area contributed by atoms with Crippen molar-refractivity contribution in [3.8, 4) is 0 Å². The molecular formula is C21H24ClNO2. The van der Waals surface area contributed by atoms with Crippen molar-refractivity contribution < 1.29 is 9.90 Å². The summed E-state index contributed by atoms with van der Waals surface area (Å²) in [6, 6.07) is 18.7. The van der Waals surface area contributed by atoms with Gasteiger partial charge in [0, 0.05) is 18.5 Å². The van der Waals surface area contributed by atoms with Gasteiger partial charge in [0.25, 0.3) is 0 Å². The van der Waals surface area contributed by atoms with Gasteiger partial charge in [-0.25, -0.2) is 0 Å². The summed E-state index contributed by atoms with van der Waals surface area (Å²) >= 11 is 6.52. The van der Waals surface area contributed by atoms with E-state index in [9.17, 15) is 9.90 Å². The molecular weight excluding hydrogens is 334 g/mol. The van der Waals surface area contributed by atoms with Crippen LogP contribution in [0.15, 0.2) is 66.2 Å². The number of hydrogen-bond donors (Lipinski definition) is 2. The molecule has 1 amide bonds. The van der Waals surface area contributed by atoms with Gasteiger partial charge in [-0.05, 0) is 17.5 Å². The third kappa shape index (κ3) is 5.73. The largest absolute Gasteiger partial charge is 0.388 e. The summed E-state index contributed by atoms with van der Waals surface area (Å²) < 4.78 is 0. The van der Waals surface area contributed by atoms with E-state index in [2.05, 4.69) is 12.2 Å². The van der Waals surface area contributed by atoms with Crippen molar-refractivity contribution in [1.29, 1.82) is 0 Å². The molecule has 0 aliphatic heterocycles. The van der Waals surface area contributed by atoms with E-state index < -0.39 is 6.10 Å². The molecule has 0 saturated heterocycles. The Morgan fingerprint density at radius 1 is 1.08 bits per heavy atom. The number of carbonyl (C=O) groups excluding carboxylic acids is 1. The zero-order valence-electron chi connectivity index (χ0n) is 14.4. The maximum atomic E-state index is 12.6. The van der Waals surface area contributed by atoms with Crippen molar-refractivity contribution in [3.05, 3.63) is 77.4 Å². The zero-order valence-corrected chi connectivity index (χ0v) is 15.2. The molecule has 0 radical (unpaired) electrons. The molecule has 0 spiro atoms. The van der Waals surface area contributed by atoms with Crippen molar-refractivity contribution >= 4 is 22.5 Å². The number of halogens is 1. The first-order valence-electron chi connectivity index (χ1n) is 8.58. The standard InChI is InChI=1S/C21H24ClNO2/c1-2-3-14-23-21(25)18(20(22)17-12-8-5-9-13-17)15-19(24)16-10-6-4-7-11-16/h4-13,19,24H,2-3,14-15H2,1H3,(H,23,25)/b20-18-/t19-/m1/s1. The molecule has 0 aromatic heterocycles. The van der Waals surface area contributed by atoms with Crippen LogP contribution in [0.3, 0.4) is 0 Å². The van der Waals surface area contributed by atoms with E-state index in [0.29, 0.717) is 17.2 Å². The minimum atomic E-state index is -0.786. The lowest BCUT2D eigenvalue weighted by Gasteiger charge is -2.16. The van der Waals surface area contributed by atoms with E-state index in [0.717, 1.165) is 24.0 Å². The minimum Gasteiger partial charge on any atom is -0.388 e. The SMILES string of the molecule is CCCCNC(=O)/C(C[C@@H](O)c1ccccc1)=C(\Cl)c1ccccc1. The lowest BCUT2D eigenvalue weighted by atomic mass is 9.98. The molecule has 1 atom stereocenters. The molecule has 2 N–H and O–H groups in total. The van der Waals surface area contributed by atoms with Gasteiger partial charge in [-0.1, -0.05) is 85.6 Å². The van der Waals surface area contributed by atoms with Gasteiger partial charge < -0.3 is 10.4 Å². The van der Waals surface area contributed by atoms with Crippen LogP contribution >= 0.6 is 11.6 Å². The van der Waals surface area contributed by atoms with Crippen LogP contribution < -0.4 is 5.32 Å². The second-order valence-electron chi connectivity index (χ2n) is 5.90. The number of unbranched alkanes of at least 4 members (excludes halogenated alkanes) is 1. The number of aliphatic hydroxyl groups is 1. The smallest absolute Gasteiger partial charge is 0.248 e. The second kappa shape index (κ2) is 10.0. The Morgan fingerprint density at radius 2 is 1.68 bits per heavy atom. The van der Waals surface area contributed by atoms with Gasteiger partial charge >= 0.3 is 0 Å². The van der Waals surface area contributed by atoms with E-state index in [4.69, 9.17) is 11.6 Å². The van der Waals surface area contributed by atoms with Crippen LogP contribution in [0.4, 0.5) is 0 Å². The predicted molar refractivity (Wildman–Crippen MR) is 103 cm³/mol. The number of benzene rings is 2. The third-order valence-electron chi connectivity index (χ3n) is 3.96. The Morgan fingerprint density at radius 3 is 2.28 bits per heavy atom. The summed E-state index contributed by atoms with van der Waals surface area (Å²) in [7, 11) is 0. The van der Waals surface area contributed by atoms with Crippen molar-refractivity contribution in [2.75, 3.05) is 6.54 Å². The normalized spacial score (nSPS) is 13.1. The lowest BCUT2D eigenvalue weighted by Crippen LogP contribution is -2.27. The molecule has 132 valence electrons. The highest BCUT2D eigenvalue weighted by Gasteiger charge is 2.20. The van der Waals surface area contributed by atoms with Gasteiger partial charge in [-0.2, -0.15) is 0 Å². The van der Waals surface area contributed by atoms with Crippen molar-refractivity contribution in [2.45, 2.75) is 32.3 Å². The molecule has 0 aliphatic rings. The molecule has 25 heavy (non-hydrogen) atoms. The van der Waals surface area contributed by atoms with Crippen LogP contribution in [-0.4, -0.2) is 17.6 Å². The number of hydrogen-bond acceptors (Lipinski definition) is 2. The number of aliphatic hydroxyl groups excluding tert-OH is 1. The summed E-state index contributed by atoms with van der Waals surface area (Å²) in [4.78, 5) is 12.6. The van der Waals surface area contributed by atoms with Crippen LogP contribution in [0, 0.1) is 0 Å². The fourth-order valence-corrected chi connectivity index (χ4v) is 2.80. The first-order chi connectivity index (χ1) is 12.1. The molecule has 0 aliphatic carbocycles. The van der Waals surface area contributed by atoms with E-state index in [1.807, 2.05) is 60.7 Å². The summed E-state index contributed by atoms with van der Waals surface area (Å²) in [5.74, 6) is -0.225. The zero-order chi connectivity index (χ0) is 18.1. The van der Waals surface area contributed by atoms with E-state index in [-0.39, 0.29) is 12.3 Å². The fourth-order valence-electron chi connectivity index (χ4n) is 2.51. The molecule has 0 saturated carbocycles. The van der Waals surface area contributed by atoms with E-state index >= 15 is 0 Å². The molecule has 2 aromatic rings. The van der Waals surface area contributed by atoms with Crippen LogP contribution in [0.2, 0.25) is 0 Å². The summed E-state index contributed by atoms with van der Waals surface area (Å²) in [6.07, 6.45) is 1.28. The monoisotopic (exact) mass is 357 g/mol. The maximum absolute atomic E-state index is 12.6. The van der Waals surface area contributed by atoms with Crippen LogP contribution in [-0.2, 0) is 4.79 Å². The highest BCUT2D eigenvalue weighted by Crippen LogP contribution is 2.30. The third-order valence-corrected chi connectivity index (χ3v) is 4.41. The van der Waals surface area contributed by atoms with Crippen molar-refractivity contribution in [1.82, 2.24) is 5.32 Å². The molecule has 0 heterocycles. The van der Waals surface area contributed by atoms with E-state index in [1.165, 1.54) is 0 Å². The Balaban J connectivity index is 2.27. The highest BCUT2D eigenvalue weighted by molar-refractivity contribution is 6.51. The quantitative estimate of drug-likeness (QED) is 0.532. The Kier molecular flexibility index (Phi) is 7.71. The average molecular weight is 358 g/mol. The Labute approximate surface area is 154 Å². The molecule has 2 rings (SSSR count). The van der Waals surface area contributed by atoms with Crippen molar-refractivity contribution in [2.24, 2.45) is 0 Å². The van der Waals surface area contributed by atoms with Gasteiger partial charge in [0.05, 0.1) is 11.1 Å². The summed E-state index contributed by atoms with van der Waals surface area (Å²) in [6.45, 7) is 2.66. The van der Waals surface area contributed by atoms with Gasteiger partial charge in [0.2, 0.25) is 5.91 Å². The van der Waals surface area contributed by atoms with Gasteiger partial charge in [-0.3, -0.25) is 4.79 Å². The molecule has 3 nitrogen and oxygen atoms in total. The molecule has 4 heteroatoms. The maximum Gasteiger partial charge on any atom is 0.248 e. The second-order valence-corrected chi connectivity index (χ2v) is 6.28. The predicted octanol–water partition coefficient (Wildman–Crippen LogP) is 4.68. The van der Waals surface area contributed by atoms with Gasteiger partial charge in [0.15, 0.2) is 0 Å². The molecule has 0 unspecified atom stereocenters. The first kappa shape index (κ1) is 19.2. The number of carbonyl (C=O) groups is 1. The van der Waals surface area contributed by atoms with Gasteiger partial charge in [-0.15, -0.1) is 0 Å². The van der Waals surface area contributed by atoms with Crippen LogP contribution in [0.5, 0.6) is 0 Å². The topological polar surface area (TPSA) is 49.3 Å².